The van der Waals surface area contributed by atoms with Crippen LogP contribution >= 0.6 is 0 Å². The summed E-state index contributed by atoms with van der Waals surface area (Å²) in [6, 6.07) is 19.8. The molecule has 0 saturated carbocycles. The number of nitrogens with zero attached hydrogens (tertiary/aromatic N) is 2. The molecule has 8 nitrogen and oxygen atoms in total. The fourth-order valence-corrected chi connectivity index (χ4v) is 4.89. The molecule has 0 radical (unpaired) electrons. The van der Waals surface area contributed by atoms with Crippen LogP contribution in [0.3, 0.4) is 0 Å². The Hall–Kier alpha value is -3.66. The Kier molecular flexibility index (Phi) is 9.07. The molecule has 9 heteroatoms. The second kappa shape index (κ2) is 12.9. The smallest absolute Gasteiger partial charge is 0.429 e. The van der Waals surface area contributed by atoms with E-state index in [0.29, 0.717) is 24.3 Å². The summed E-state index contributed by atoms with van der Waals surface area (Å²) in [5, 5.41) is 3.54. The fourth-order valence-electron chi connectivity index (χ4n) is 4.89. The second-order valence-electron chi connectivity index (χ2n) is 11.1. The Labute approximate surface area is 240 Å². The van der Waals surface area contributed by atoms with E-state index < -0.39 is 18.2 Å². The van der Waals surface area contributed by atoms with Crippen LogP contribution in [0.1, 0.15) is 49.7 Å². The highest BCUT2D eigenvalue weighted by atomic mass is 19.1. The summed E-state index contributed by atoms with van der Waals surface area (Å²) in [5.41, 5.74) is 2.29. The van der Waals surface area contributed by atoms with Crippen molar-refractivity contribution in [3.05, 3.63) is 89.2 Å². The number of carbonyl (C=O) groups is 1. The lowest BCUT2D eigenvalue weighted by atomic mass is 9.95. The number of para-hydroxylation sites is 1. The van der Waals surface area contributed by atoms with Gasteiger partial charge in [-0.15, -0.1) is 0 Å². The molecule has 0 N–H and O–H groups in total. The monoisotopic (exact) mass is 564 g/mol. The third-order valence-corrected chi connectivity index (χ3v) is 7.08. The minimum absolute atomic E-state index is 0.0450. The van der Waals surface area contributed by atoms with Gasteiger partial charge in [0.05, 0.1) is 31.6 Å². The van der Waals surface area contributed by atoms with E-state index in [1.807, 2.05) is 73.5 Å². The zero-order valence-electron chi connectivity index (χ0n) is 23.8. The molecule has 2 aliphatic heterocycles. The zero-order valence-corrected chi connectivity index (χ0v) is 23.8. The van der Waals surface area contributed by atoms with Crippen LogP contribution in [0.15, 0.2) is 66.7 Å². The largest absolute Gasteiger partial charge is 0.497 e. The Bertz CT molecular complexity index is 1300. The quantitative estimate of drug-likeness (QED) is 0.289. The minimum Gasteiger partial charge on any atom is -0.497 e. The molecule has 2 heterocycles. The van der Waals surface area contributed by atoms with Crippen LogP contribution in [0.5, 0.6) is 11.5 Å². The minimum atomic E-state index is -0.815. The highest BCUT2D eigenvalue weighted by Gasteiger charge is 2.33. The van der Waals surface area contributed by atoms with Gasteiger partial charge in [-0.05, 0) is 60.4 Å². The molecule has 218 valence electrons. The van der Waals surface area contributed by atoms with Crippen LogP contribution in [0, 0.1) is 11.2 Å². The average molecular weight is 565 g/mol. The number of hydrazine groups is 1. The topological polar surface area (TPSA) is 69.7 Å². The number of rotatable bonds is 9. The summed E-state index contributed by atoms with van der Waals surface area (Å²) in [6.45, 7) is 6.50. The number of halogens is 1. The standard InChI is InChI=1S/C32H37FN2O6/c1-32(2)21-40-30(41-22-32)27-17-24(18-28(33)29(27)38-19-23-11-13-26(37-3)14-12-23)20-39-31(36)35(34-15-7-8-16-34)25-9-5-4-6-10-25/h4-6,9-14,17-18,30H,7-8,15-16,19-22H2,1-3H3. The molecule has 1 amide bonds. The number of carbonyl (C=O) groups excluding carboxylic acids is 1. The molecule has 0 bridgehead atoms. The van der Waals surface area contributed by atoms with E-state index in [0.717, 1.165) is 42.9 Å². The van der Waals surface area contributed by atoms with Gasteiger partial charge in [-0.2, -0.15) is 0 Å². The first-order valence-corrected chi connectivity index (χ1v) is 13.9. The first-order chi connectivity index (χ1) is 19.8. The molecule has 2 saturated heterocycles. The first-order valence-electron chi connectivity index (χ1n) is 13.9. The van der Waals surface area contributed by atoms with Crippen molar-refractivity contribution in [2.75, 3.05) is 38.4 Å². The van der Waals surface area contributed by atoms with Crippen molar-refractivity contribution in [1.82, 2.24) is 5.01 Å². The number of ether oxygens (including phenoxy) is 5. The lowest BCUT2D eigenvalue weighted by Crippen LogP contribution is -2.45. The van der Waals surface area contributed by atoms with E-state index in [1.165, 1.54) is 6.07 Å². The fraction of sp³-hybridized carbons (Fsp3) is 0.406. The summed E-state index contributed by atoms with van der Waals surface area (Å²) in [4.78, 5) is 13.3. The van der Waals surface area contributed by atoms with Gasteiger partial charge in [0.2, 0.25) is 0 Å². The van der Waals surface area contributed by atoms with Gasteiger partial charge in [-0.25, -0.2) is 19.2 Å². The summed E-state index contributed by atoms with van der Waals surface area (Å²) < 4.78 is 44.5. The molecule has 3 aromatic carbocycles. The predicted octanol–water partition coefficient (Wildman–Crippen LogP) is 6.64. The van der Waals surface area contributed by atoms with Gasteiger partial charge in [0, 0.05) is 18.5 Å². The van der Waals surface area contributed by atoms with Crippen molar-refractivity contribution in [3.63, 3.8) is 0 Å². The van der Waals surface area contributed by atoms with Gasteiger partial charge in [-0.1, -0.05) is 44.2 Å². The molecular formula is C32H37FN2O6. The van der Waals surface area contributed by atoms with Crippen LogP contribution in [-0.2, 0) is 27.4 Å². The van der Waals surface area contributed by atoms with E-state index in [1.54, 1.807) is 18.2 Å². The Morgan fingerprint density at radius 2 is 1.66 bits per heavy atom. The number of amides is 1. The van der Waals surface area contributed by atoms with Crippen molar-refractivity contribution in [2.24, 2.45) is 5.41 Å². The third-order valence-electron chi connectivity index (χ3n) is 7.08. The number of methoxy groups -OCH3 is 1. The van der Waals surface area contributed by atoms with Crippen LogP contribution < -0.4 is 14.5 Å². The number of hydrogen-bond acceptors (Lipinski definition) is 7. The van der Waals surface area contributed by atoms with Crippen molar-refractivity contribution in [2.45, 2.75) is 46.2 Å². The zero-order chi connectivity index (χ0) is 28.8. The maximum atomic E-state index is 15.6. The van der Waals surface area contributed by atoms with E-state index in [2.05, 4.69) is 0 Å². The molecule has 5 rings (SSSR count). The maximum absolute atomic E-state index is 15.6. The van der Waals surface area contributed by atoms with E-state index in [-0.39, 0.29) is 24.4 Å². The highest BCUT2D eigenvalue weighted by Crippen LogP contribution is 2.38. The lowest BCUT2D eigenvalue weighted by Gasteiger charge is -2.35. The number of hydrogen-bond donors (Lipinski definition) is 0. The average Bonchev–Trinajstić information content (AvgIpc) is 3.51. The van der Waals surface area contributed by atoms with Crippen molar-refractivity contribution < 1.29 is 32.9 Å². The molecule has 0 spiro atoms. The molecule has 0 atom stereocenters. The summed E-state index contributed by atoms with van der Waals surface area (Å²) in [6.07, 6.45) is 0.666. The molecule has 0 aliphatic carbocycles. The van der Waals surface area contributed by atoms with Crippen molar-refractivity contribution >= 4 is 11.8 Å². The van der Waals surface area contributed by atoms with Crippen LogP contribution in [0.25, 0.3) is 0 Å². The van der Waals surface area contributed by atoms with Gasteiger partial charge < -0.3 is 23.7 Å². The number of benzene rings is 3. The van der Waals surface area contributed by atoms with Crippen molar-refractivity contribution in [3.8, 4) is 11.5 Å². The third kappa shape index (κ3) is 7.16. The second-order valence-corrected chi connectivity index (χ2v) is 11.1. The Balaban J connectivity index is 1.35. The van der Waals surface area contributed by atoms with E-state index >= 15 is 4.39 Å². The predicted molar refractivity (Wildman–Crippen MR) is 152 cm³/mol. The Morgan fingerprint density at radius 3 is 2.32 bits per heavy atom. The van der Waals surface area contributed by atoms with Crippen LogP contribution in [-0.4, -0.2) is 44.5 Å². The van der Waals surface area contributed by atoms with Crippen LogP contribution in [0.2, 0.25) is 0 Å². The van der Waals surface area contributed by atoms with Crippen molar-refractivity contribution in [1.29, 1.82) is 0 Å². The normalized spacial score (nSPS) is 17.3. The molecule has 0 unspecified atom stereocenters. The SMILES string of the molecule is COc1ccc(COc2c(F)cc(COC(=O)N(c3ccccc3)N3CCCC3)cc2C2OCC(C)(C)CO2)cc1. The highest BCUT2D eigenvalue weighted by molar-refractivity contribution is 5.86. The Morgan fingerprint density at radius 1 is 0.976 bits per heavy atom. The van der Waals surface area contributed by atoms with Gasteiger partial charge in [0.25, 0.3) is 0 Å². The summed E-state index contributed by atoms with van der Waals surface area (Å²) in [7, 11) is 1.60. The van der Waals surface area contributed by atoms with Gasteiger partial charge in [0.1, 0.15) is 19.0 Å². The van der Waals surface area contributed by atoms with E-state index in [4.69, 9.17) is 23.7 Å². The molecule has 2 aliphatic rings. The van der Waals surface area contributed by atoms with Gasteiger partial charge >= 0.3 is 6.09 Å². The van der Waals surface area contributed by atoms with Gasteiger partial charge in [0.15, 0.2) is 17.9 Å². The summed E-state index contributed by atoms with van der Waals surface area (Å²) >= 11 is 0. The molecular weight excluding hydrogens is 527 g/mol. The molecule has 41 heavy (non-hydrogen) atoms. The molecule has 3 aromatic rings. The molecule has 0 aromatic heterocycles. The van der Waals surface area contributed by atoms with Gasteiger partial charge in [-0.3, -0.25) is 0 Å². The number of anilines is 1. The molecule has 2 fully saturated rings. The summed E-state index contributed by atoms with van der Waals surface area (Å²) in [5.74, 6) is 0.184. The maximum Gasteiger partial charge on any atom is 0.429 e. The van der Waals surface area contributed by atoms with E-state index in [9.17, 15) is 4.79 Å². The lowest BCUT2D eigenvalue weighted by molar-refractivity contribution is -0.226. The van der Waals surface area contributed by atoms with Crippen LogP contribution in [0.4, 0.5) is 14.9 Å². The first kappa shape index (κ1) is 28.9.